The minimum absolute atomic E-state index is 0.137. The van der Waals surface area contributed by atoms with Gasteiger partial charge in [-0.15, -0.1) is 0 Å². The Kier molecular flexibility index (Phi) is 5.16. The van der Waals surface area contributed by atoms with Gasteiger partial charge in [-0.1, -0.05) is 0 Å². The van der Waals surface area contributed by atoms with Crippen LogP contribution in [0.2, 0.25) is 0 Å². The summed E-state index contributed by atoms with van der Waals surface area (Å²) >= 11 is 0. The van der Waals surface area contributed by atoms with Crippen molar-refractivity contribution < 1.29 is 17.6 Å². The second kappa shape index (κ2) is 7.65. The third-order valence-electron chi connectivity index (χ3n) is 4.99. The van der Waals surface area contributed by atoms with Crippen molar-refractivity contribution in [2.45, 2.75) is 18.7 Å². The molecule has 30 heavy (non-hydrogen) atoms. The van der Waals surface area contributed by atoms with Crippen LogP contribution < -0.4 is 0 Å². The van der Waals surface area contributed by atoms with Gasteiger partial charge in [0.15, 0.2) is 5.89 Å². The zero-order chi connectivity index (χ0) is 21.5. The molecule has 1 amide bonds. The van der Waals surface area contributed by atoms with Crippen molar-refractivity contribution in [1.29, 1.82) is 0 Å². The predicted molar refractivity (Wildman–Crippen MR) is 107 cm³/mol. The number of hydrogen-bond acceptors (Lipinski definition) is 7. The third kappa shape index (κ3) is 3.61. The van der Waals surface area contributed by atoms with Crippen LogP contribution in [0.15, 0.2) is 40.0 Å². The van der Waals surface area contributed by atoms with E-state index >= 15 is 0 Å². The number of rotatable bonds is 4. The predicted octanol–water partition coefficient (Wildman–Crippen LogP) is 1.23. The molecule has 3 aromatic heterocycles. The highest BCUT2D eigenvalue weighted by Crippen LogP contribution is 2.28. The minimum Gasteiger partial charge on any atom is -0.436 e. The van der Waals surface area contributed by atoms with Gasteiger partial charge < -0.3 is 9.32 Å². The van der Waals surface area contributed by atoms with Crippen LogP contribution in [0.1, 0.15) is 22.1 Å². The van der Waals surface area contributed by atoms with Gasteiger partial charge in [-0.25, -0.2) is 13.4 Å². The van der Waals surface area contributed by atoms with Crippen LogP contribution in [0.4, 0.5) is 0 Å². The molecule has 0 atom stereocenters. The van der Waals surface area contributed by atoms with Crippen molar-refractivity contribution in [3.8, 4) is 11.3 Å². The maximum absolute atomic E-state index is 13.3. The van der Waals surface area contributed by atoms with E-state index in [1.807, 2.05) is 0 Å². The number of piperazine rings is 1. The Morgan fingerprint density at radius 2 is 1.77 bits per heavy atom. The Balaban J connectivity index is 1.54. The van der Waals surface area contributed by atoms with Gasteiger partial charge in [0, 0.05) is 64.3 Å². The van der Waals surface area contributed by atoms with Gasteiger partial charge in [-0.3, -0.25) is 14.5 Å². The Bertz CT molecular complexity index is 1180. The van der Waals surface area contributed by atoms with E-state index < -0.39 is 10.0 Å². The molecule has 4 heterocycles. The van der Waals surface area contributed by atoms with Crippen molar-refractivity contribution in [2.75, 3.05) is 26.2 Å². The first-order valence-electron chi connectivity index (χ1n) is 9.45. The monoisotopic (exact) mass is 430 g/mol. The number of oxazole rings is 1. The smallest absolute Gasteiger partial charge is 0.291 e. The summed E-state index contributed by atoms with van der Waals surface area (Å²) in [5.74, 6) is 0.359. The quantitative estimate of drug-likeness (QED) is 0.611. The van der Waals surface area contributed by atoms with Crippen LogP contribution in [0, 0.1) is 13.8 Å². The number of carbonyl (C=O) groups is 1. The number of aryl methyl sites for hydroxylation is 3. The Morgan fingerprint density at radius 3 is 2.37 bits per heavy atom. The summed E-state index contributed by atoms with van der Waals surface area (Å²) in [5, 5.41) is 4.34. The van der Waals surface area contributed by atoms with Crippen LogP contribution >= 0.6 is 0 Å². The molecule has 4 rings (SSSR count). The number of aromatic nitrogens is 4. The van der Waals surface area contributed by atoms with Gasteiger partial charge >= 0.3 is 0 Å². The second-order valence-electron chi connectivity index (χ2n) is 7.10. The molecule has 0 aromatic carbocycles. The van der Waals surface area contributed by atoms with Crippen LogP contribution in [0.5, 0.6) is 0 Å². The van der Waals surface area contributed by atoms with E-state index in [2.05, 4.69) is 15.1 Å². The van der Waals surface area contributed by atoms with Gasteiger partial charge in [0.2, 0.25) is 15.8 Å². The Labute approximate surface area is 174 Å². The highest BCUT2D eigenvalue weighted by Gasteiger charge is 2.34. The van der Waals surface area contributed by atoms with Crippen molar-refractivity contribution >= 4 is 15.9 Å². The summed E-state index contributed by atoms with van der Waals surface area (Å²) in [5.41, 5.74) is 1.59. The van der Waals surface area contributed by atoms with Crippen LogP contribution in [-0.4, -0.2) is 69.5 Å². The SMILES string of the molecule is Cc1nc(C)c(C(=O)N2CCN(S(=O)(=O)c3cn(C)nc3-c3ccncc3)CC2)o1. The number of carbonyl (C=O) groups excluding carboxylic acids is 1. The topological polar surface area (TPSA) is 114 Å². The van der Waals surface area contributed by atoms with E-state index in [9.17, 15) is 13.2 Å². The number of pyridine rings is 1. The van der Waals surface area contributed by atoms with E-state index in [0.717, 1.165) is 0 Å². The zero-order valence-corrected chi connectivity index (χ0v) is 17.8. The molecule has 0 N–H and O–H groups in total. The molecule has 0 saturated carbocycles. The molecule has 0 spiro atoms. The summed E-state index contributed by atoms with van der Waals surface area (Å²) in [6, 6.07) is 3.44. The lowest BCUT2D eigenvalue weighted by Gasteiger charge is -2.33. The first kappa shape index (κ1) is 20.2. The van der Waals surface area contributed by atoms with Crippen LogP contribution in [0.25, 0.3) is 11.3 Å². The Hall–Kier alpha value is -3.05. The second-order valence-corrected chi connectivity index (χ2v) is 9.00. The molecular weight excluding hydrogens is 408 g/mol. The highest BCUT2D eigenvalue weighted by atomic mass is 32.2. The maximum Gasteiger partial charge on any atom is 0.291 e. The van der Waals surface area contributed by atoms with Crippen molar-refractivity contribution in [3.63, 3.8) is 0 Å². The molecule has 11 heteroatoms. The van der Waals surface area contributed by atoms with Crippen LogP contribution in [0.3, 0.4) is 0 Å². The molecular formula is C19H22N6O4S. The van der Waals surface area contributed by atoms with Crippen molar-refractivity contribution in [2.24, 2.45) is 7.05 Å². The number of sulfonamides is 1. The summed E-state index contributed by atoms with van der Waals surface area (Å²) in [6.07, 6.45) is 4.69. The van der Waals surface area contributed by atoms with E-state index in [4.69, 9.17) is 4.42 Å². The van der Waals surface area contributed by atoms with Gasteiger partial charge in [-0.2, -0.15) is 9.40 Å². The summed E-state index contributed by atoms with van der Waals surface area (Å²) in [4.78, 5) is 22.5. The van der Waals surface area contributed by atoms with E-state index in [-0.39, 0.29) is 42.7 Å². The van der Waals surface area contributed by atoms with E-state index in [1.54, 1.807) is 50.3 Å². The normalized spacial score (nSPS) is 15.5. The lowest BCUT2D eigenvalue weighted by Crippen LogP contribution is -2.50. The lowest BCUT2D eigenvalue weighted by molar-refractivity contribution is 0.0663. The van der Waals surface area contributed by atoms with Crippen molar-refractivity contribution in [1.82, 2.24) is 29.0 Å². The fourth-order valence-electron chi connectivity index (χ4n) is 3.51. The molecule has 1 fully saturated rings. The largest absolute Gasteiger partial charge is 0.436 e. The maximum atomic E-state index is 13.3. The van der Waals surface area contributed by atoms with Gasteiger partial charge in [-0.05, 0) is 19.1 Å². The number of amides is 1. The molecule has 158 valence electrons. The molecule has 0 radical (unpaired) electrons. The summed E-state index contributed by atoms with van der Waals surface area (Å²) < 4.78 is 34.9. The molecule has 1 saturated heterocycles. The molecule has 3 aromatic rings. The fourth-order valence-corrected chi connectivity index (χ4v) is 5.12. The summed E-state index contributed by atoms with van der Waals surface area (Å²) in [6.45, 7) is 4.30. The van der Waals surface area contributed by atoms with E-state index in [0.29, 0.717) is 22.8 Å². The minimum atomic E-state index is -3.78. The highest BCUT2D eigenvalue weighted by molar-refractivity contribution is 7.89. The molecule has 1 aliphatic rings. The standard InChI is InChI=1S/C19H22N6O4S/c1-13-18(29-14(2)21-13)19(26)24-8-10-25(11-9-24)30(27,28)16-12-23(3)22-17(16)15-4-6-20-7-5-15/h4-7,12H,8-11H2,1-3H3. The number of nitrogens with zero attached hydrogens (tertiary/aromatic N) is 6. The lowest BCUT2D eigenvalue weighted by atomic mass is 10.2. The molecule has 0 bridgehead atoms. The van der Waals surface area contributed by atoms with Crippen molar-refractivity contribution in [3.05, 3.63) is 48.1 Å². The van der Waals surface area contributed by atoms with Crippen LogP contribution in [-0.2, 0) is 17.1 Å². The van der Waals surface area contributed by atoms with E-state index in [1.165, 1.54) is 15.2 Å². The molecule has 10 nitrogen and oxygen atoms in total. The Morgan fingerprint density at radius 1 is 1.10 bits per heavy atom. The molecule has 0 aliphatic carbocycles. The van der Waals surface area contributed by atoms with Gasteiger partial charge in [0.25, 0.3) is 5.91 Å². The first-order chi connectivity index (χ1) is 14.3. The summed E-state index contributed by atoms with van der Waals surface area (Å²) in [7, 11) is -2.10. The fraction of sp³-hybridized carbons (Fsp3) is 0.368. The average Bonchev–Trinajstić information content (AvgIpc) is 3.30. The zero-order valence-electron chi connectivity index (χ0n) is 16.9. The van der Waals surface area contributed by atoms with Gasteiger partial charge in [0.1, 0.15) is 10.6 Å². The van der Waals surface area contributed by atoms with Gasteiger partial charge in [0.05, 0.1) is 5.69 Å². The average molecular weight is 430 g/mol. The third-order valence-corrected chi connectivity index (χ3v) is 6.89. The molecule has 1 aliphatic heterocycles. The molecule has 0 unspecified atom stereocenters. The first-order valence-corrected chi connectivity index (χ1v) is 10.9. The number of hydrogen-bond donors (Lipinski definition) is 0.